The SMILES string of the molecule is C[C@H]1C[C@H](C)CN(c2ccc(C(=O)OCC(=O)Nc3ccc(F)c(F)c3F)cc2[N+](=O)[O-])C1. The van der Waals surface area contributed by atoms with Gasteiger partial charge in [0.05, 0.1) is 16.2 Å². The smallest absolute Gasteiger partial charge is 0.338 e. The average Bonchev–Trinajstić information content (AvgIpc) is 2.76. The number of nitro benzene ring substituents is 1. The molecule has 0 spiro atoms. The zero-order valence-corrected chi connectivity index (χ0v) is 17.9. The Morgan fingerprint density at radius 2 is 1.79 bits per heavy atom. The van der Waals surface area contributed by atoms with E-state index in [0.29, 0.717) is 36.7 Å². The molecule has 176 valence electrons. The minimum Gasteiger partial charge on any atom is -0.452 e. The maximum absolute atomic E-state index is 13.6. The van der Waals surface area contributed by atoms with Crippen LogP contribution in [0.4, 0.5) is 30.2 Å². The van der Waals surface area contributed by atoms with Crippen molar-refractivity contribution >= 4 is 28.9 Å². The summed E-state index contributed by atoms with van der Waals surface area (Å²) in [5, 5.41) is 13.6. The molecule has 1 saturated heterocycles. The van der Waals surface area contributed by atoms with Gasteiger partial charge in [0, 0.05) is 19.2 Å². The van der Waals surface area contributed by atoms with Gasteiger partial charge in [0.2, 0.25) is 0 Å². The van der Waals surface area contributed by atoms with Gasteiger partial charge in [-0.1, -0.05) is 13.8 Å². The highest BCUT2D eigenvalue weighted by Crippen LogP contribution is 2.34. The summed E-state index contributed by atoms with van der Waals surface area (Å²) in [4.78, 5) is 37.2. The van der Waals surface area contributed by atoms with E-state index in [4.69, 9.17) is 4.74 Å². The summed E-state index contributed by atoms with van der Waals surface area (Å²) in [5.41, 5.74) is -0.643. The summed E-state index contributed by atoms with van der Waals surface area (Å²) < 4.78 is 44.7. The van der Waals surface area contributed by atoms with E-state index in [1.165, 1.54) is 12.1 Å². The van der Waals surface area contributed by atoms with Gasteiger partial charge in [0.1, 0.15) is 5.69 Å². The Morgan fingerprint density at radius 3 is 2.42 bits per heavy atom. The van der Waals surface area contributed by atoms with Gasteiger partial charge in [0.25, 0.3) is 11.6 Å². The topological polar surface area (TPSA) is 102 Å². The van der Waals surface area contributed by atoms with Gasteiger partial charge in [-0.05, 0) is 42.5 Å². The van der Waals surface area contributed by atoms with Crippen molar-refractivity contribution in [2.45, 2.75) is 20.3 Å². The standard InChI is InChI=1S/C22H22F3N3O5/c1-12-7-13(2)10-27(9-12)17-6-3-14(8-18(17)28(31)32)22(30)33-11-19(29)26-16-5-4-15(23)20(24)21(16)25/h3-6,8,12-13H,7,9-11H2,1-2H3,(H,26,29)/t12-,13-/m0/s1. The number of nitro groups is 1. The Bertz CT molecular complexity index is 1090. The number of carbonyl (C=O) groups is 2. The molecule has 1 amide bonds. The molecule has 0 aliphatic carbocycles. The first kappa shape index (κ1) is 24.0. The number of amides is 1. The monoisotopic (exact) mass is 465 g/mol. The Hall–Kier alpha value is -3.63. The largest absolute Gasteiger partial charge is 0.452 e. The molecule has 3 rings (SSSR count). The lowest BCUT2D eigenvalue weighted by molar-refractivity contribution is -0.384. The van der Waals surface area contributed by atoms with Crippen molar-refractivity contribution in [3.8, 4) is 0 Å². The Labute approximate surface area is 187 Å². The number of piperidine rings is 1. The summed E-state index contributed by atoms with van der Waals surface area (Å²) in [6.07, 6.45) is 1.02. The minimum atomic E-state index is -1.75. The summed E-state index contributed by atoms with van der Waals surface area (Å²) in [7, 11) is 0. The Balaban J connectivity index is 1.68. The van der Waals surface area contributed by atoms with Crippen LogP contribution < -0.4 is 10.2 Å². The van der Waals surface area contributed by atoms with Crippen molar-refractivity contribution in [2.24, 2.45) is 11.8 Å². The van der Waals surface area contributed by atoms with E-state index in [0.717, 1.165) is 18.6 Å². The first-order chi connectivity index (χ1) is 15.6. The number of nitrogens with zero attached hydrogens (tertiary/aromatic N) is 2. The van der Waals surface area contributed by atoms with E-state index < -0.39 is 46.5 Å². The van der Waals surface area contributed by atoms with Gasteiger partial charge in [-0.25, -0.2) is 18.0 Å². The van der Waals surface area contributed by atoms with Gasteiger partial charge in [0.15, 0.2) is 24.1 Å². The molecule has 11 heteroatoms. The maximum Gasteiger partial charge on any atom is 0.338 e. The molecular formula is C22H22F3N3O5. The quantitative estimate of drug-likeness (QED) is 0.296. The van der Waals surface area contributed by atoms with Crippen LogP contribution in [0.15, 0.2) is 30.3 Å². The fraction of sp³-hybridized carbons (Fsp3) is 0.364. The maximum atomic E-state index is 13.6. The molecule has 33 heavy (non-hydrogen) atoms. The van der Waals surface area contributed by atoms with Gasteiger partial charge in [-0.2, -0.15) is 0 Å². The molecule has 0 bridgehead atoms. The third-order valence-electron chi connectivity index (χ3n) is 5.26. The minimum absolute atomic E-state index is 0.143. The third kappa shape index (κ3) is 5.60. The fourth-order valence-electron chi connectivity index (χ4n) is 3.95. The van der Waals surface area contributed by atoms with Crippen molar-refractivity contribution in [3.05, 3.63) is 63.5 Å². The molecule has 0 unspecified atom stereocenters. The zero-order valence-electron chi connectivity index (χ0n) is 17.9. The van der Waals surface area contributed by atoms with E-state index in [9.17, 15) is 32.9 Å². The first-order valence-electron chi connectivity index (χ1n) is 10.2. The van der Waals surface area contributed by atoms with Crippen LogP contribution in [0.2, 0.25) is 0 Å². The molecule has 8 nitrogen and oxygen atoms in total. The van der Waals surface area contributed by atoms with E-state index in [2.05, 4.69) is 13.8 Å². The Kier molecular flexibility index (Phi) is 7.19. The normalized spacial score (nSPS) is 18.0. The van der Waals surface area contributed by atoms with Crippen molar-refractivity contribution in [1.82, 2.24) is 0 Å². The van der Waals surface area contributed by atoms with E-state index in [-0.39, 0.29) is 11.3 Å². The lowest BCUT2D eigenvalue weighted by Gasteiger charge is -2.36. The number of ether oxygens (including phenoxy) is 1. The van der Waals surface area contributed by atoms with E-state index in [1.54, 1.807) is 0 Å². The zero-order chi connectivity index (χ0) is 24.3. The molecule has 2 aromatic rings. The van der Waals surface area contributed by atoms with Gasteiger partial charge >= 0.3 is 5.97 Å². The summed E-state index contributed by atoms with van der Waals surface area (Å²) in [5.74, 6) is -6.07. The van der Waals surface area contributed by atoms with E-state index in [1.807, 2.05) is 10.2 Å². The number of halogens is 3. The number of rotatable bonds is 6. The molecule has 0 aromatic heterocycles. The molecule has 2 aromatic carbocycles. The van der Waals surface area contributed by atoms with Crippen LogP contribution in [0.1, 0.15) is 30.6 Å². The predicted molar refractivity (Wildman–Crippen MR) is 113 cm³/mol. The van der Waals surface area contributed by atoms with Crippen molar-refractivity contribution < 1.29 is 32.4 Å². The van der Waals surface area contributed by atoms with Crippen LogP contribution in [0.5, 0.6) is 0 Å². The summed E-state index contributed by atoms with van der Waals surface area (Å²) in [6, 6.07) is 5.36. The highest BCUT2D eigenvalue weighted by molar-refractivity contribution is 5.96. The first-order valence-corrected chi connectivity index (χ1v) is 10.2. The average molecular weight is 465 g/mol. The molecule has 1 fully saturated rings. The Morgan fingerprint density at radius 1 is 1.12 bits per heavy atom. The number of anilines is 2. The van der Waals surface area contributed by atoms with Crippen LogP contribution in [-0.4, -0.2) is 36.5 Å². The predicted octanol–water partition coefficient (Wildman–Crippen LogP) is 4.29. The van der Waals surface area contributed by atoms with Crippen LogP contribution in [0, 0.1) is 39.4 Å². The van der Waals surface area contributed by atoms with Crippen molar-refractivity contribution in [3.63, 3.8) is 0 Å². The number of hydrogen-bond donors (Lipinski definition) is 1. The van der Waals surface area contributed by atoms with Crippen molar-refractivity contribution in [2.75, 3.05) is 29.9 Å². The number of nitrogens with one attached hydrogen (secondary N) is 1. The number of esters is 1. The lowest BCUT2D eigenvalue weighted by Crippen LogP contribution is -2.39. The van der Waals surface area contributed by atoms with Crippen LogP contribution in [0.3, 0.4) is 0 Å². The fourth-order valence-corrected chi connectivity index (χ4v) is 3.95. The molecule has 1 aliphatic rings. The van der Waals surface area contributed by atoms with Crippen LogP contribution in [-0.2, 0) is 9.53 Å². The van der Waals surface area contributed by atoms with Crippen LogP contribution >= 0.6 is 0 Å². The lowest BCUT2D eigenvalue weighted by atomic mass is 9.91. The molecule has 1 heterocycles. The number of benzene rings is 2. The third-order valence-corrected chi connectivity index (χ3v) is 5.26. The van der Waals surface area contributed by atoms with Gasteiger partial charge < -0.3 is 15.0 Å². The number of hydrogen-bond acceptors (Lipinski definition) is 6. The van der Waals surface area contributed by atoms with Crippen molar-refractivity contribution in [1.29, 1.82) is 0 Å². The molecule has 0 saturated carbocycles. The molecule has 0 radical (unpaired) electrons. The van der Waals surface area contributed by atoms with Gasteiger partial charge in [-0.3, -0.25) is 14.9 Å². The second-order valence-corrected chi connectivity index (χ2v) is 8.16. The highest BCUT2D eigenvalue weighted by Gasteiger charge is 2.28. The second kappa shape index (κ2) is 9.88. The summed E-state index contributed by atoms with van der Waals surface area (Å²) >= 11 is 0. The molecule has 2 atom stereocenters. The summed E-state index contributed by atoms with van der Waals surface area (Å²) in [6.45, 7) is 4.56. The number of carbonyl (C=O) groups excluding carboxylic acids is 2. The highest BCUT2D eigenvalue weighted by atomic mass is 19.2. The molecule has 1 N–H and O–H groups in total. The molecular weight excluding hydrogens is 443 g/mol. The van der Waals surface area contributed by atoms with Gasteiger partial charge in [-0.15, -0.1) is 0 Å². The van der Waals surface area contributed by atoms with E-state index >= 15 is 0 Å². The second-order valence-electron chi connectivity index (χ2n) is 8.16. The molecule has 1 aliphatic heterocycles. The van der Waals surface area contributed by atoms with Crippen LogP contribution in [0.25, 0.3) is 0 Å².